The van der Waals surface area contributed by atoms with E-state index in [9.17, 15) is 9.90 Å². The zero-order valence-corrected chi connectivity index (χ0v) is 17.6. The Labute approximate surface area is 174 Å². The summed E-state index contributed by atoms with van der Waals surface area (Å²) >= 11 is 0. The highest BCUT2D eigenvalue weighted by molar-refractivity contribution is 5.78. The Hall–Kier alpha value is -1.83. The second-order valence-corrected chi connectivity index (χ2v) is 7.97. The Morgan fingerprint density at radius 1 is 1.14 bits per heavy atom. The molecular formula is C22H35N3O4. The third-order valence-electron chi connectivity index (χ3n) is 5.64. The van der Waals surface area contributed by atoms with E-state index in [2.05, 4.69) is 10.2 Å². The first-order chi connectivity index (χ1) is 14.2. The number of ether oxygens (including phenoxy) is 2. The number of likely N-dealkylation sites (tertiary alicyclic amines) is 2. The van der Waals surface area contributed by atoms with Gasteiger partial charge in [-0.15, -0.1) is 0 Å². The van der Waals surface area contributed by atoms with Crippen molar-refractivity contribution in [1.82, 2.24) is 15.1 Å². The summed E-state index contributed by atoms with van der Waals surface area (Å²) in [5.41, 5.74) is 1.08. The molecule has 29 heavy (non-hydrogen) atoms. The molecule has 2 fully saturated rings. The average molecular weight is 406 g/mol. The van der Waals surface area contributed by atoms with Crippen LogP contribution < -0.4 is 14.8 Å². The van der Waals surface area contributed by atoms with Crippen LogP contribution in [0.1, 0.15) is 37.7 Å². The minimum atomic E-state index is -0.516. The minimum Gasteiger partial charge on any atom is -0.493 e. The molecule has 0 spiro atoms. The number of aliphatic hydroxyl groups excluding tert-OH is 1. The van der Waals surface area contributed by atoms with E-state index >= 15 is 0 Å². The Kier molecular flexibility index (Phi) is 8.58. The molecule has 0 saturated carbocycles. The second kappa shape index (κ2) is 11.4. The van der Waals surface area contributed by atoms with Crippen LogP contribution in [0.4, 0.5) is 0 Å². The van der Waals surface area contributed by atoms with Gasteiger partial charge in [0.15, 0.2) is 11.5 Å². The molecule has 0 unspecified atom stereocenters. The van der Waals surface area contributed by atoms with Gasteiger partial charge in [0.2, 0.25) is 5.91 Å². The number of methoxy groups -OCH3 is 1. The molecule has 2 N–H and O–H groups in total. The summed E-state index contributed by atoms with van der Waals surface area (Å²) in [7, 11) is 1.62. The molecule has 0 radical (unpaired) electrons. The number of rotatable bonds is 11. The van der Waals surface area contributed by atoms with E-state index in [4.69, 9.17) is 9.47 Å². The molecule has 1 atom stereocenters. The third-order valence-corrected chi connectivity index (χ3v) is 5.64. The van der Waals surface area contributed by atoms with Crippen molar-refractivity contribution in [1.29, 1.82) is 0 Å². The first-order valence-electron chi connectivity index (χ1n) is 10.8. The van der Waals surface area contributed by atoms with Crippen LogP contribution in [-0.2, 0) is 11.3 Å². The maximum Gasteiger partial charge on any atom is 0.222 e. The largest absolute Gasteiger partial charge is 0.493 e. The molecule has 1 aromatic rings. The van der Waals surface area contributed by atoms with E-state index in [0.29, 0.717) is 31.0 Å². The highest BCUT2D eigenvalue weighted by Gasteiger charge is 2.19. The van der Waals surface area contributed by atoms with Gasteiger partial charge in [-0.2, -0.15) is 0 Å². The van der Waals surface area contributed by atoms with Gasteiger partial charge in [-0.1, -0.05) is 12.5 Å². The van der Waals surface area contributed by atoms with Gasteiger partial charge in [0, 0.05) is 39.1 Å². The predicted molar refractivity (Wildman–Crippen MR) is 112 cm³/mol. The van der Waals surface area contributed by atoms with E-state index in [1.165, 1.54) is 19.3 Å². The number of carbonyl (C=O) groups is 1. The number of nitrogens with zero attached hydrogens (tertiary/aromatic N) is 2. The van der Waals surface area contributed by atoms with E-state index in [1.807, 2.05) is 23.1 Å². The lowest BCUT2D eigenvalue weighted by molar-refractivity contribution is -0.127. The van der Waals surface area contributed by atoms with E-state index in [1.54, 1.807) is 7.11 Å². The molecule has 2 aliphatic rings. The molecule has 2 heterocycles. The van der Waals surface area contributed by atoms with Gasteiger partial charge in [-0.3, -0.25) is 4.79 Å². The summed E-state index contributed by atoms with van der Waals surface area (Å²) < 4.78 is 11.3. The monoisotopic (exact) mass is 405 g/mol. The lowest BCUT2D eigenvalue weighted by atomic mass is 10.1. The number of aliphatic hydroxyl groups is 1. The maximum absolute atomic E-state index is 11.7. The van der Waals surface area contributed by atoms with Gasteiger partial charge in [0.25, 0.3) is 0 Å². The Morgan fingerprint density at radius 2 is 1.97 bits per heavy atom. The SMILES string of the molecule is COc1ccc(CNCCN2CCCC2=O)cc1OC[C@H](O)CN1CCCCC1. The Bertz CT molecular complexity index is 649. The maximum atomic E-state index is 11.7. The third kappa shape index (κ3) is 6.87. The van der Waals surface area contributed by atoms with Crippen LogP contribution in [0.2, 0.25) is 0 Å². The van der Waals surface area contributed by atoms with Crippen molar-refractivity contribution < 1.29 is 19.4 Å². The number of hydrogen-bond acceptors (Lipinski definition) is 6. The molecule has 7 nitrogen and oxygen atoms in total. The van der Waals surface area contributed by atoms with Gasteiger partial charge in [-0.05, 0) is 50.0 Å². The number of carbonyl (C=O) groups excluding carboxylic acids is 1. The van der Waals surface area contributed by atoms with Gasteiger partial charge < -0.3 is 29.7 Å². The summed E-state index contributed by atoms with van der Waals surface area (Å²) in [6.07, 6.45) is 4.85. The van der Waals surface area contributed by atoms with Crippen LogP contribution in [-0.4, -0.2) is 79.9 Å². The molecule has 1 aromatic carbocycles. The molecule has 1 amide bonds. The van der Waals surface area contributed by atoms with Crippen LogP contribution in [0.3, 0.4) is 0 Å². The van der Waals surface area contributed by atoms with Crippen LogP contribution in [0.15, 0.2) is 18.2 Å². The topological polar surface area (TPSA) is 74.3 Å². The standard InChI is InChI=1S/C22H35N3O4/c1-28-20-8-7-18(15-23-9-13-25-12-5-6-22(25)27)14-21(20)29-17-19(26)16-24-10-3-2-4-11-24/h7-8,14,19,23,26H,2-6,9-13,15-17H2,1H3/t19-/m1/s1. The first kappa shape index (κ1) is 21.9. The highest BCUT2D eigenvalue weighted by Crippen LogP contribution is 2.28. The molecular weight excluding hydrogens is 370 g/mol. The molecule has 3 rings (SSSR count). The molecule has 0 bridgehead atoms. The molecule has 0 aromatic heterocycles. The number of benzene rings is 1. The zero-order chi connectivity index (χ0) is 20.5. The fourth-order valence-electron chi connectivity index (χ4n) is 4.01. The predicted octanol–water partition coefficient (Wildman–Crippen LogP) is 1.63. The number of amides is 1. The van der Waals surface area contributed by atoms with Crippen molar-refractivity contribution in [2.75, 3.05) is 53.0 Å². The van der Waals surface area contributed by atoms with Crippen LogP contribution in [0.5, 0.6) is 11.5 Å². The van der Waals surface area contributed by atoms with Crippen molar-refractivity contribution in [3.05, 3.63) is 23.8 Å². The minimum absolute atomic E-state index is 0.251. The van der Waals surface area contributed by atoms with Gasteiger partial charge in [0.1, 0.15) is 12.7 Å². The summed E-state index contributed by atoms with van der Waals surface area (Å²) in [4.78, 5) is 15.9. The van der Waals surface area contributed by atoms with Crippen molar-refractivity contribution in [2.24, 2.45) is 0 Å². The summed E-state index contributed by atoms with van der Waals surface area (Å²) in [6, 6.07) is 5.86. The average Bonchev–Trinajstić information content (AvgIpc) is 3.15. The van der Waals surface area contributed by atoms with Crippen molar-refractivity contribution in [2.45, 2.75) is 44.8 Å². The fraction of sp³-hybridized carbons (Fsp3) is 0.682. The molecule has 162 valence electrons. The van der Waals surface area contributed by atoms with E-state index < -0.39 is 6.10 Å². The van der Waals surface area contributed by atoms with Crippen molar-refractivity contribution in [3.8, 4) is 11.5 Å². The quantitative estimate of drug-likeness (QED) is 0.545. The Balaban J connectivity index is 1.44. The van der Waals surface area contributed by atoms with Crippen LogP contribution in [0.25, 0.3) is 0 Å². The first-order valence-corrected chi connectivity index (χ1v) is 10.8. The van der Waals surface area contributed by atoms with E-state index in [0.717, 1.165) is 44.7 Å². The Morgan fingerprint density at radius 3 is 2.69 bits per heavy atom. The zero-order valence-electron chi connectivity index (χ0n) is 17.6. The normalized spacial score (nSPS) is 18.8. The smallest absolute Gasteiger partial charge is 0.222 e. The van der Waals surface area contributed by atoms with Gasteiger partial charge in [-0.25, -0.2) is 0 Å². The van der Waals surface area contributed by atoms with Gasteiger partial charge >= 0.3 is 0 Å². The molecule has 7 heteroatoms. The lowest BCUT2D eigenvalue weighted by Gasteiger charge is -2.28. The van der Waals surface area contributed by atoms with Crippen LogP contribution in [0, 0.1) is 0 Å². The van der Waals surface area contributed by atoms with Crippen molar-refractivity contribution >= 4 is 5.91 Å². The molecule has 2 saturated heterocycles. The van der Waals surface area contributed by atoms with Gasteiger partial charge in [0.05, 0.1) is 7.11 Å². The lowest BCUT2D eigenvalue weighted by Crippen LogP contribution is -2.38. The summed E-state index contributed by atoms with van der Waals surface area (Å²) in [6.45, 7) is 6.11. The molecule has 2 aliphatic heterocycles. The highest BCUT2D eigenvalue weighted by atomic mass is 16.5. The fourth-order valence-corrected chi connectivity index (χ4v) is 4.01. The summed E-state index contributed by atoms with van der Waals surface area (Å²) in [5.74, 6) is 1.58. The summed E-state index contributed by atoms with van der Waals surface area (Å²) in [5, 5.41) is 13.7. The number of nitrogens with one attached hydrogen (secondary N) is 1. The second-order valence-electron chi connectivity index (χ2n) is 7.97. The van der Waals surface area contributed by atoms with E-state index in [-0.39, 0.29) is 12.5 Å². The number of hydrogen-bond donors (Lipinski definition) is 2. The number of β-amino-alcohol motifs (C(OH)–C–C–N with tert-alkyl or cyclic N) is 1. The van der Waals surface area contributed by atoms with Crippen LogP contribution >= 0.6 is 0 Å². The van der Waals surface area contributed by atoms with Crippen molar-refractivity contribution in [3.63, 3.8) is 0 Å². The molecule has 0 aliphatic carbocycles. The number of piperidine rings is 1.